The van der Waals surface area contributed by atoms with E-state index in [0.717, 1.165) is 19.6 Å². The summed E-state index contributed by atoms with van der Waals surface area (Å²) in [6.45, 7) is 10.9. The Bertz CT molecular complexity index is 483. The van der Waals surface area contributed by atoms with E-state index in [1.54, 1.807) is 17.0 Å². The average Bonchev–Trinajstić information content (AvgIpc) is 2.35. The Morgan fingerprint density at radius 1 is 1.47 bits per heavy atom. The van der Waals surface area contributed by atoms with E-state index in [9.17, 15) is 4.79 Å². The van der Waals surface area contributed by atoms with Gasteiger partial charge in [-0.1, -0.05) is 13.8 Å². The zero-order valence-electron chi connectivity index (χ0n) is 12.3. The van der Waals surface area contributed by atoms with Crippen molar-refractivity contribution < 1.29 is 0 Å². The molecular weight excluding hydrogens is 240 g/mol. The van der Waals surface area contributed by atoms with Crippen LogP contribution in [-0.4, -0.2) is 34.7 Å². The molecule has 1 N–H and O–H groups in total. The minimum atomic E-state index is 0.0251. The Morgan fingerprint density at radius 3 is 2.89 bits per heavy atom. The summed E-state index contributed by atoms with van der Waals surface area (Å²) in [5.41, 5.74) is 0.0251. The Kier molecular flexibility index (Phi) is 4.24. The molecule has 0 amide bonds. The molecule has 1 aromatic heterocycles. The maximum Gasteiger partial charge on any atom is 0.293 e. The van der Waals surface area contributed by atoms with E-state index < -0.39 is 0 Å². The lowest BCUT2D eigenvalue weighted by atomic mass is 10.1. The van der Waals surface area contributed by atoms with Crippen molar-refractivity contribution >= 4 is 5.82 Å². The van der Waals surface area contributed by atoms with Gasteiger partial charge in [-0.05, 0) is 19.8 Å². The fourth-order valence-electron chi connectivity index (χ4n) is 2.49. The predicted molar refractivity (Wildman–Crippen MR) is 77.6 cm³/mol. The first-order chi connectivity index (χ1) is 8.99. The van der Waals surface area contributed by atoms with Crippen molar-refractivity contribution in [3.05, 3.63) is 22.7 Å². The molecule has 1 aromatic rings. The number of hydrogen-bond donors (Lipinski definition) is 1. The molecule has 2 unspecified atom stereocenters. The van der Waals surface area contributed by atoms with Crippen molar-refractivity contribution in [1.82, 2.24) is 14.9 Å². The minimum Gasteiger partial charge on any atom is -0.346 e. The van der Waals surface area contributed by atoms with Crippen LogP contribution in [0.1, 0.15) is 27.7 Å². The van der Waals surface area contributed by atoms with Crippen LogP contribution in [-0.2, 0) is 6.54 Å². The summed E-state index contributed by atoms with van der Waals surface area (Å²) in [5.74, 6) is 1.04. The second-order valence-corrected chi connectivity index (χ2v) is 5.91. The van der Waals surface area contributed by atoms with Crippen LogP contribution in [0.2, 0.25) is 0 Å². The quantitative estimate of drug-likeness (QED) is 0.888. The fraction of sp³-hybridized carbons (Fsp3) is 0.714. The van der Waals surface area contributed by atoms with Crippen molar-refractivity contribution in [2.45, 2.75) is 46.3 Å². The van der Waals surface area contributed by atoms with Gasteiger partial charge in [0, 0.05) is 44.1 Å². The van der Waals surface area contributed by atoms with Crippen molar-refractivity contribution in [1.29, 1.82) is 0 Å². The number of nitrogens with one attached hydrogen (secondary N) is 1. The normalized spacial score (nSPS) is 23.9. The van der Waals surface area contributed by atoms with Crippen LogP contribution in [0, 0.1) is 5.92 Å². The van der Waals surface area contributed by atoms with Gasteiger partial charge < -0.3 is 14.8 Å². The van der Waals surface area contributed by atoms with E-state index in [1.807, 2.05) is 0 Å². The van der Waals surface area contributed by atoms with Crippen molar-refractivity contribution in [3.8, 4) is 0 Å². The third kappa shape index (κ3) is 3.15. The van der Waals surface area contributed by atoms with E-state index in [1.165, 1.54) is 0 Å². The summed E-state index contributed by atoms with van der Waals surface area (Å²) in [6, 6.07) is 0.683. The molecule has 1 aliphatic heterocycles. The van der Waals surface area contributed by atoms with Gasteiger partial charge in [-0.15, -0.1) is 0 Å². The van der Waals surface area contributed by atoms with Gasteiger partial charge in [-0.2, -0.15) is 0 Å². The van der Waals surface area contributed by atoms with Crippen LogP contribution < -0.4 is 15.8 Å². The molecule has 0 aromatic carbocycles. The Morgan fingerprint density at radius 2 is 2.21 bits per heavy atom. The van der Waals surface area contributed by atoms with Crippen LogP contribution >= 0.6 is 0 Å². The Labute approximate surface area is 114 Å². The highest BCUT2D eigenvalue weighted by atomic mass is 16.1. The van der Waals surface area contributed by atoms with Crippen LogP contribution in [0.25, 0.3) is 0 Å². The number of piperazine rings is 1. The first-order valence-corrected chi connectivity index (χ1v) is 7.04. The lowest BCUT2D eigenvalue weighted by molar-refractivity contribution is 0.419. The van der Waals surface area contributed by atoms with Gasteiger partial charge in [0.25, 0.3) is 5.56 Å². The summed E-state index contributed by atoms with van der Waals surface area (Å²) in [4.78, 5) is 18.9. The third-order valence-electron chi connectivity index (χ3n) is 3.49. The fourth-order valence-corrected chi connectivity index (χ4v) is 2.49. The summed E-state index contributed by atoms with van der Waals surface area (Å²) in [6.07, 6.45) is 3.51. The number of anilines is 1. The molecule has 0 saturated carbocycles. The van der Waals surface area contributed by atoms with Gasteiger partial charge in [-0.3, -0.25) is 4.79 Å². The maximum absolute atomic E-state index is 12.5. The van der Waals surface area contributed by atoms with Crippen LogP contribution in [0.5, 0.6) is 0 Å². The smallest absolute Gasteiger partial charge is 0.293 e. The molecule has 0 bridgehead atoms. The maximum atomic E-state index is 12.5. The zero-order valence-corrected chi connectivity index (χ0v) is 12.3. The lowest BCUT2D eigenvalue weighted by Gasteiger charge is -2.38. The summed E-state index contributed by atoms with van der Waals surface area (Å²) >= 11 is 0. The number of rotatable bonds is 3. The second-order valence-electron chi connectivity index (χ2n) is 5.91. The highest BCUT2D eigenvalue weighted by molar-refractivity contribution is 5.38. The summed E-state index contributed by atoms with van der Waals surface area (Å²) in [7, 11) is 0. The Balaban J connectivity index is 2.31. The largest absolute Gasteiger partial charge is 0.346 e. The molecule has 1 fully saturated rings. The molecule has 0 spiro atoms. The molecule has 1 aliphatic rings. The van der Waals surface area contributed by atoms with Crippen molar-refractivity contribution in [2.24, 2.45) is 5.92 Å². The lowest BCUT2D eigenvalue weighted by Crippen LogP contribution is -2.56. The van der Waals surface area contributed by atoms with E-state index >= 15 is 0 Å². The molecule has 19 heavy (non-hydrogen) atoms. The van der Waals surface area contributed by atoms with Gasteiger partial charge in [0.05, 0.1) is 0 Å². The minimum absolute atomic E-state index is 0.0251. The highest BCUT2D eigenvalue weighted by Crippen LogP contribution is 2.13. The summed E-state index contributed by atoms with van der Waals surface area (Å²) < 4.78 is 1.77. The molecule has 2 heterocycles. The standard InChI is InChI=1S/C14H24N4O/c1-10(2)8-17-6-5-15-13(14(17)19)18-9-11(3)16-7-12(18)4/h5-6,10-12,16H,7-9H2,1-4H3. The average molecular weight is 264 g/mol. The molecule has 2 rings (SSSR count). The molecule has 0 radical (unpaired) electrons. The van der Waals surface area contributed by atoms with E-state index in [2.05, 4.69) is 42.9 Å². The van der Waals surface area contributed by atoms with E-state index in [-0.39, 0.29) is 5.56 Å². The molecule has 106 valence electrons. The van der Waals surface area contributed by atoms with Crippen LogP contribution in [0.15, 0.2) is 17.2 Å². The second kappa shape index (κ2) is 5.74. The predicted octanol–water partition coefficient (Wildman–Crippen LogP) is 1.09. The van der Waals surface area contributed by atoms with Crippen molar-refractivity contribution in [2.75, 3.05) is 18.0 Å². The molecule has 5 heteroatoms. The SMILES string of the molecule is CC(C)Cn1ccnc(N2CC(C)NCC2C)c1=O. The van der Waals surface area contributed by atoms with Gasteiger partial charge in [0.2, 0.25) is 0 Å². The zero-order chi connectivity index (χ0) is 14.0. The molecule has 2 atom stereocenters. The number of aromatic nitrogens is 2. The summed E-state index contributed by atoms with van der Waals surface area (Å²) in [5, 5.41) is 3.42. The molecule has 1 saturated heterocycles. The van der Waals surface area contributed by atoms with Crippen molar-refractivity contribution in [3.63, 3.8) is 0 Å². The van der Waals surface area contributed by atoms with Gasteiger partial charge in [-0.25, -0.2) is 4.98 Å². The number of nitrogens with zero attached hydrogens (tertiary/aromatic N) is 3. The molecule has 0 aliphatic carbocycles. The molecule has 5 nitrogen and oxygen atoms in total. The third-order valence-corrected chi connectivity index (χ3v) is 3.49. The number of hydrogen-bond acceptors (Lipinski definition) is 4. The Hall–Kier alpha value is -1.36. The van der Waals surface area contributed by atoms with E-state index in [0.29, 0.717) is 23.8 Å². The van der Waals surface area contributed by atoms with Gasteiger partial charge in [0.1, 0.15) is 0 Å². The topological polar surface area (TPSA) is 50.2 Å². The first kappa shape index (κ1) is 14.1. The van der Waals surface area contributed by atoms with Gasteiger partial charge >= 0.3 is 0 Å². The molecular formula is C14H24N4O. The monoisotopic (exact) mass is 264 g/mol. The van der Waals surface area contributed by atoms with Gasteiger partial charge in [0.15, 0.2) is 5.82 Å². The van der Waals surface area contributed by atoms with E-state index in [4.69, 9.17) is 0 Å². The van der Waals surface area contributed by atoms with Crippen LogP contribution in [0.4, 0.5) is 5.82 Å². The van der Waals surface area contributed by atoms with Crippen LogP contribution in [0.3, 0.4) is 0 Å². The highest BCUT2D eigenvalue weighted by Gasteiger charge is 2.25. The first-order valence-electron chi connectivity index (χ1n) is 7.04.